The molecule has 2 aliphatic heterocycles. The van der Waals surface area contributed by atoms with Crippen LogP contribution >= 0.6 is 12.2 Å². The lowest BCUT2D eigenvalue weighted by molar-refractivity contribution is -0.0378. The predicted molar refractivity (Wildman–Crippen MR) is 116 cm³/mol. The number of benzene rings is 2. The van der Waals surface area contributed by atoms with Gasteiger partial charge in [0.2, 0.25) is 0 Å². The van der Waals surface area contributed by atoms with E-state index in [1.54, 1.807) is 4.90 Å². The summed E-state index contributed by atoms with van der Waals surface area (Å²) in [7, 11) is 0. The number of likely N-dealkylation sites (N-methyl/N-ethyl adjacent to an activating group) is 2. The molecule has 0 spiro atoms. The van der Waals surface area contributed by atoms with Crippen LogP contribution in [0.15, 0.2) is 60.7 Å². The summed E-state index contributed by atoms with van der Waals surface area (Å²) in [5.74, 6) is 0. The van der Waals surface area contributed by atoms with E-state index < -0.39 is 11.3 Å². The summed E-state index contributed by atoms with van der Waals surface area (Å²) in [4.78, 5) is 19.3. The summed E-state index contributed by atoms with van der Waals surface area (Å²) in [5.41, 5.74) is 0.0784. The second-order valence-corrected chi connectivity index (χ2v) is 7.56. The first-order chi connectivity index (χ1) is 14.1. The summed E-state index contributed by atoms with van der Waals surface area (Å²) in [5, 5.41) is 13.8. The van der Waals surface area contributed by atoms with E-state index in [-0.39, 0.29) is 19.2 Å². The second-order valence-electron chi connectivity index (χ2n) is 7.19. The molecule has 0 bridgehead atoms. The Morgan fingerprint density at radius 2 is 1.45 bits per heavy atom. The molecular formula is C22H26N4O2S. The zero-order valence-electron chi connectivity index (χ0n) is 16.7. The van der Waals surface area contributed by atoms with Gasteiger partial charge in [0.25, 0.3) is 0 Å². The maximum absolute atomic E-state index is 13.4. The van der Waals surface area contributed by atoms with E-state index in [0.717, 1.165) is 11.1 Å². The molecule has 2 N–H and O–H groups in total. The normalized spacial score (nSPS) is 26.1. The van der Waals surface area contributed by atoms with Crippen LogP contribution < -0.4 is 5.32 Å². The fourth-order valence-corrected chi connectivity index (χ4v) is 5.60. The highest BCUT2D eigenvalue weighted by Gasteiger charge is 2.74. The topological polar surface area (TPSA) is 59.1 Å². The van der Waals surface area contributed by atoms with E-state index in [1.807, 2.05) is 74.5 Å². The molecule has 7 heteroatoms. The fraction of sp³-hybridized carbons (Fsp3) is 0.364. The minimum Gasteiger partial charge on any atom is -0.395 e. The van der Waals surface area contributed by atoms with Gasteiger partial charge in [0.1, 0.15) is 0 Å². The number of hydrogen-bond acceptors (Lipinski definition) is 3. The minimum absolute atomic E-state index is 0.136. The number of nitrogens with zero attached hydrogens (tertiary/aromatic N) is 3. The Hall–Kier alpha value is -2.64. The molecule has 2 heterocycles. The van der Waals surface area contributed by atoms with Crippen molar-refractivity contribution in [2.45, 2.75) is 25.2 Å². The number of thiocarbonyl (C=S) groups is 1. The van der Waals surface area contributed by atoms with Gasteiger partial charge < -0.3 is 20.2 Å². The number of carbonyl (C=O) groups is 1. The summed E-state index contributed by atoms with van der Waals surface area (Å²) in [6.07, 6.45) is 0. The van der Waals surface area contributed by atoms with Crippen molar-refractivity contribution in [3.05, 3.63) is 71.8 Å². The van der Waals surface area contributed by atoms with Gasteiger partial charge in [0.15, 0.2) is 16.4 Å². The number of amides is 2. The average Bonchev–Trinajstić information content (AvgIpc) is 3.13. The molecule has 0 saturated carbocycles. The molecule has 0 aromatic heterocycles. The van der Waals surface area contributed by atoms with Gasteiger partial charge in [-0.2, -0.15) is 0 Å². The molecule has 4 rings (SSSR count). The Morgan fingerprint density at radius 1 is 0.897 bits per heavy atom. The third kappa shape index (κ3) is 2.37. The Morgan fingerprint density at radius 3 is 1.97 bits per heavy atom. The van der Waals surface area contributed by atoms with E-state index in [4.69, 9.17) is 12.2 Å². The van der Waals surface area contributed by atoms with Crippen molar-refractivity contribution in [1.82, 2.24) is 20.0 Å². The number of aliphatic hydroxyl groups is 1. The number of aliphatic hydroxyl groups excluding tert-OH is 1. The van der Waals surface area contributed by atoms with E-state index in [2.05, 4.69) is 15.1 Å². The van der Waals surface area contributed by atoms with Crippen LogP contribution in [0.1, 0.15) is 25.0 Å². The van der Waals surface area contributed by atoms with Crippen LogP contribution in [0.2, 0.25) is 0 Å². The molecule has 2 aromatic carbocycles. The van der Waals surface area contributed by atoms with Gasteiger partial charge in [-0.25, -0.2) is 4.79 Å². The van der Waals surface area contributed by atoms with Gasteiger partial charge in [-0.15, -0.1) is 0 Å². The highest BCUT2D eigenvalue weighted by Crippen LogP contribution is 2.57. The van der Waals surface area contributed by atoms with Gasteiger partial charge in [0.05, 0.1) is 6.61 Å². The predicted octanol–water partition coefficient (Wildman–Crippen LogP) is 2.65. The molecule has 2 aromatic rings. The smallest absolute Gasteiger partial charge is 0.321 e. The molecule has 2 saturated heterocycles. The fourth-order valence-electron chi connectivity index (χ4n) is 5.08. The molecule has 29 heavy (non-hydrogen) atoms. The summed E-state index contributed by atoms with van der Waals surface area (Å²) in [6.45, 7) is 5.41. The molecule has 6 nitrogen and oxygen atoms in total. The monoisotopic (exact) mass is 410 g/mol. The van der Waals surface area contributed by atoms with Crippen LogP contribution in [0.25, 0.3) is 0 Å². The Kier molecular flexibility index (Phi) is 4.96. The van der Waals surface area contributed by atoms with Crippen LogP contribution in [0, 0.1) is 0 Å². The van der Waals surface area contributed by atoms with E-state index in [0.29, 0.717) is 18.2 Å². The second kappa shape index (κ2) is 7.31. The first-order valence-electron chi connectivity index (χ1n) is 10.0. The number of β-amino-alcohol motifs (C(OH)–C–C–N with tert-alkyl or cyclic N) is 1. The third-order valence-electron chi connectivity index (χ3n) is 6.01. The average molecular weight is 411 g/mol. The lowest BCUT2D eigenvalue weighted by Gasteiger charge is -2.48. The Balaban J connectivity index is 2.13. The third-order valence-corrected chi connectivity index (χ3v) is 6.45. The van der Waals surface area contributed by atoms with Gasteiger partial charge in [-0.1, -0.05) is 60.7 Å². The standard InChI is InChI=1S/C22H26N4O2S/c1-3-24-20(29)25(4-2)22(18-13-9-6-10-14-18)21(24,17-11-7-5-8-12-17)23-19(28)26(22)15-16-27/h5-14,27H,3-4,15-16H2,1-2H3,(H,23,28). The first-order valence-corrected chi connectivity index (χ1v) is 10.4. The summed E-state index contributed by atoms with van der Waals surface area (Å²) in [6, 6.07) is 19.8. The highest BCUT2D eigenvalue weighted by atomic mass is 32.1. The number of urea groups is 1. The summed E-state index contributed by atoms with van der Waals surface area (Å²) >= 11 is 5.95. The number of carbonyl (C=O) groups excluding carboxylic acids is 1. The Labute approximate surface area is 176 Å². The van der Waals surface area contributed by atoms with Gasteiger partial charge >= 0.3 is 6.03 Å². The molecule has 0 radical (unpaired) electrons. The molecular weight excluding hydrogens is 384 g/mol. The lowest BCUT2D eigenvalue weighted by atomic mass is 9.80. The lowest BCUT2D eigenvalue weighted by Crippen LogP contribution is -2.63. The number of nitrogens with one attached hydrogen (secondary N) is 1. The molecule has 2 unspecified atom stereocenters. The van der Waals surface area contributed by atoms with Gasteiger partial charge in [-0.05, 0) is 26.1 Å². The molecule has 152 valence electrons. The largest absolute Gasteiger partial charge is 0.395 e. The van der Waals surface area contributed by atoms with E-state index in [9.17, 15) is 9.90 Å². The molecule has 2 fully saturated rings. The minimum atomic E-state index is -0.919. The van der Waals surface area contributed by atoms with Crippen molar-refractivity contribution in [2.24, 2.45) is 0 Å². The quantitative estimate of drug-likeness (QED) is 0.717. The maximum Gasteiger partial charge on any atom is 0.321 e. The van der Waals surface area contributed by atoms with Crippen LogP contribution in [-0.2, 0) is 11.3 Å². The van der Waals surface area contributed by atoms with Crippen molar-refractivity contribution < 1.29 is 9.90 Å². The van der Waals surface area contributed by atoms with E-state index in [1.165, 1.54) is 0 Å². The van der Waals surface area contributed by atoms with Crippen LogP contribution in [0.5, 0.6) is 0 Å². The number of hydrogen-bond donors (Lipinski definition) is 2. The maximum atomic E-state index is 13.4. The van der Waals surface area contributed by atoms with Crippen LogP contribution in [0.4, 0.5) is 4.79 Å². The molecule has 2 atom stereocenters. The van der Waals surface area contributed by atoms with Gasteiger partial charge in [-0.3, -0.25) is 4.90 Å². The molecule has 2 amide bonds. The van der Waals surface area contributed by atoms with Gasteiger partial charge in [0, 0.05) is 30.8 Å². The van der Waals surface area contributed by atoms with Crippen LogP contribution in [0.3, 0.4) is 0 Å². The SMILES string of the molecule is CCN1C(=S)N(CC)C2(c3ccccc3)N(CCO)C(=O)NC12c1ccccc1. The van der Waals surface area contributed by atoms with Crippen LogP contribution in [-0.4, -0.2) is 57.2 Å². The zero-order valence-corrected chi connectivity index (χ0v) is 17.5. The number of rotatable bonds is 6. The van der Waals surface area contributed by atoms with Crippen molar-refractivity contribution in [3.63, 3.8) is 0 Å². The molecule has 0 aliphatic carbocycles. The molecule has 2 aliphatic rings. The van der Waals surface area contributed by atoms with Crippen molar-refractivity contribution in [1.29, 1.82) is 0 Å². The zero-order chi connectivity index (χ0) is 20.6. The van der Waals surface area contributed by atoms with Crippen molar-refractivity contribution >= 4 is 23.4 Å². The van der Waals surface area contributed by atoms with E-state index >= 15 is 0 Å². The Bertz CT molecular complexity index is 906. The highest BCUT2D eigenvalue weighted by molar-refractivity contribution is 7.80. The number of fused-ring (bicyclic) bond motifs is 1. The van der Waals surface area contributed by atoms with Crippen molar-refractivity contribution in [3.8, 4) is 0 Å². The van der Waals surface area contributed by atoms with Crippen molar-refractivity contribution in [2.75, 3.05) is 26.2 Å². The summed E-state index contributed by atoms with van der Waals surface area (Å²) < 4.78 is 0. The first kappa shape index (κ1) is 19.7.